The predicted molar refractivity (Wildman–Crippen MR) is 98.3 cm³/mol. The van der Waals surface area contributed by atoms with Crippen molar-refractivity contribution in [1.82, 2.24) is 15.0 Å². The molecular formula is C19H25N3O5. The van der Waals surface area contributed by atoms with Gasteiger partial charge in [0.15, 0.2) is 0 Å². The van der Waals surface area contributed by atoms with Crippen LogP contribution in [-0.4, -0.2) is 51.2 Å². The first-order chi connectivity index (χ1) is 12.9. The van der Waals surface area contributed by atoms with Gasteiger partial charge in [0.1, 0.15) is 12.3 Å². The summed E-state index contributed by atoms with van der Waals surface area (Å²) in [6.07, 6.45) is 1.05. The fraction of sp³-hybridized carbons (Fsp3) is 0.474. The van der Waals surface area contributed by atoms with Gasteiger partial charge in [0, 0.05) is 24.4 Å². The molecule has 8 nitrogen and oxygen atoms in total. The third kappa shape index (κ3) is 5.80. The molecule has 1 aromatic heterocycles. The van der Waals surface area contributed by atoms with Crippen LogP contribution < -0.4 is 4.74 Å². The lowest BCUT2D eigenvalue weighted by Crippen LogP contribution is -2.41. The van der Waals surface area contributed by atoms with Gasteiger partial charge in [-0.15, -0.1) is 0 Å². The van der Waals surface area contributed by atoms with Crippen molar-refractivity contribution < 1.29 is 24.0 Å². The molecule has 0 bridgehead atoms. The highest BCUT2D eigenvalue weighted by Crippen LogP contribution is 2.20. The number of hydrogen-bond donors (Lipinski definition) is 1. The van der Waals surface area contributed by atoms with E-state index in [1.54, 1.807) is 0 Å². The van der Waals surface area contributed by atoms with Gasteiger partial charge in [-0.2, -0.15) is 4.98 Å². The quantitative estimate of drug-likeness (QED) is 0.680. The standard InChI is InChI=1S/C19H25N3O5/c1-4-13(3)22(12-18(24)25)17(23)11-10-16-20-19(21-27-16)14-6-8-15(9-7-14)26-5-2/h6-9,13H,4-5,10-12H2,1-3H3,(H,24,25). The van der Waals surface area contributed by atoms with E-state index in [2.05, 4.69) is 10.1 Å². The fourth-order valence-electron chi connectivity index (χ4n) is 2.55. The number of carboxylic acids is 1. The summed E-state index contributed by atoms with van der Waals surface area (Å²) >= 11 is 0. The number of carboxylic acid groups (broad SMARTS) is 1. The monoisotopic (exact) mass is 375 g/mol. The number of benzene rings is 1. The minimum absolute atomic E-state index is 0.114. The van der Waals surface area contributed by atoms with Gasteiger partial charge in [0.05, 0.1) is 6.61 Å². The van der Waals surface area contributed by atoms with Crippen molar-refractivity contribution >= 4 is 11.9 Å². The maximum Gasteiger partial charge on any atom is 0.323 e. The molecule has 0 saturated heterocycles. The SMILES string of the molecule is CCOc1ccc(-c2noc(CCC(=O)N(CC(=O)O)C(C)CC)n2)cc1. The van der Waals surface area contributed by atoms with E-state index in [0.29, 0.717) is 24.7 Å². The molecule has 1 N–H and O–H groups in total. The molecule has 1 aromatic carbocycles. The van der Waals surface area contributed by atoms with Crippen LogP contribution >= 0.6 is 0 Å². The number of amides is 1. The second kappa shape index (κ2) is 9.70. The number of hydrogen-bond acceptors (Lipinski definition) is 6. The number of carbonyl (C=O) groups is 2. The summed E-state index contributed by atoms with van der Waals surface area (Å²) in [5.41, 5.74) is 0.784. The maximum atomic E-state index is 12.4. The molecule has 1 amide bonds. The number of ether oxygens (including phenoxy) is 1. The van der Waals surface area contributed by atoms with Gasteiger partial charge >= 0.3 is 5.97 Å². The van der Waals surface area contributed by atoms with E-state index >= 15 is 0 Å². The van der Waals surface area contributed by atoms with Crippen LogP contribution in [0.15, 0.2) is 28.8 Å². The van der Waals surface area contributed by atoms with Gasteiger partial charge < -0.3 is 19.3 Å². The smallest absolute Gasteiger partial charge is 0.323 e. The number of aromatic nitrogens is 2. The Morgan fingerprint density at radius 3 is 2.56 bits per heavy atom. The topological polar surface area (TPSA) is 106 Å². The predicted octanol–water partition coefficient (Wildman–Crippen LogP) is 2.78. The Bertz CT molecular complexity index is 757. The van der Waals surface area contributed by atoms with Gasteiger partial charge in [-0.3, -0.25) is 9.59 Å². The minimum atomic E-state index is -1.03. The number of aliphatic carboxylic acids is 1. The summed E-state index contributed by atoms with van der Waals surface area (Å²) in [7, 11) is 0. The highest BCUT2D eigenvalue weighted by molar-refractivity contribution is 5.81. The first kappa shape index (κ1) is 20.4. The number of carbonyl (C=O) groups excluding carboxylic acids is 1. The molecule has 1 unspecified atom stereocenters. The van der Waals surface area contributed by atoms with E-state index in [4.69, 9.17) is 14.4 Å². The summed E-state index contributed by atoms with van der Waals surface area (Å²) in [5.74, 6) is 0.266. The molecule has 0 fully saturated rings. The average molecular weight is 375 g/mol. The lowest BCUT2D eigenvalue weighted by atomic mass is 10.2. The Morgan fingerprint density at radius 1 is 1.26 bits per heavy atom. The number of rotatable bonds is 10. The van der Waals surface area contributed by atoms with Crippen molar-refractivity contribution in [2.24, 2.45) is 0 Å². The second-order valence-electron chi connectivity index (χ2n) is 6.14. The van der Waals surface area contributed by atoms with Crippen LogP contribution in [0.2, 0.25) is 0 Å². The molecule has 0 aliphatic carbocycles. The maximum absolute atomic E-state index is 12.4. The molecule has 0 spiro atoms. The van der Waals surface area contributed by atoms with Crippen LogP contribution in [0.3, 0.4) is 0 Å². The molecule has 0 radical (unpaired) electrons. The molecule has 2 aromatic rings. The van der Waals surface area contributed by atoms with Gasteiger partial charge in [-0.1, -0.05) is 12.1 Å². The van der Waals surface area contributed by atoms with Crippen LogP contribution in [0.25, 0.3) is 11.4 Å². The lowest BCUT2D eigenvalue weighted by Gasteiger charge is -2.26. The molecule has 1 heterocycles. The van der Waals surface area contributed by atoms with Crippen LogP contribution in [-0.2, 0) is 16.0 Å². The van der Waals surface area contributed by atoms with Crippen molar-refractivity contribution in [3.63, 3.8) is 0 Å². The van der Waals surface area contributed by atoms with Crippen LogP contribution in [0.5, 0.6) is 5.75 Å². The zero-order valence-corrected chi connectivity index (χ0v) is 15.8. The summed E-state index contributed by atoms with van der Waals surface area (Å²) in [6.45, 7) is 5.94. The molecule has 8 heteroatoms. The summed E-state index contributed by atoms with van der Waals surface area (Å²) < 4.78 is 10.6. The Labute approximate surface area is 158 Å². The van der Waals surface area contributed by atoms with Gasteiger partial charge in [0.25, 0.3) is 0 Å². The molecule has 0 aliphatic rings. The highest BCUT2D eigenvalue weighted by Gasteiger charge is 2.22. The zero-order valence-electron chi connectivity index (χ0n) is 15.8. The van der Waals surface area contributed by atoms with Crippen LogP contribution in [0.4, 0.5) is 0 Å². The molecule has 0 saturated carbocycles. The summed E-state index contributed by atoms with van der Waals surface area (Å²) in [6, 6.07) is 7.18. The van der Waals surface area contributed by atoms with E-state index < -0.39 is 5.97 Å². The summed E-state index contributed by atoms with van der Waals surface area (Å²) in [4.78, 5) is 29.1. The third-order valence-electron chi connectivity index (χ3n) is 4.19. The number of aryl methyl sites for hydroxylation is 1. The van der Waals surface area contributed by atoms with Crippen molar-refractivity contribution in [2.45, 2.75) is 46.1 Å². The van der Waals surface area contributed by atoms with E-state index in [-0.39, 0.29) is 31.3 Å². The Kier molecular flexibility index (Phi) is 7.34. The van der Waals surface area contributed by atoms with Crippen LogP contribution in [0.1, 0.15) is 39.5 Å². The molecule has 146 valence electrons. The summed E-state index contributed by atoms with van der Waals surface area (Å²) in [5, 5.41) is 12.9. The van der Waals surface area contributed by atoms with E-state index in [1.807, 2.05) is 45.0 Å². The average Bonchev–Trinajstić information content (AvgIpc) is 3.13. The largest absolute Gasteiger partial charge is 0.494 e. The highest BCUT2D eigenvalue weighted by atomic mass is 16.5. The van der Waals surface area contributed by atoms with Crippen molar-refractivity contribution in [2.75, 3.05) is 13.2 Å². The Hall–Kier alpha value is -2.90. The second-order valence-corrected chi connectivity index (χ2v) is 6.14. The van der Waals surface area contributed by atoms with E-state index in [1.165, 1.54) is 4.90 Å². The molecule has 1 atom stereocenters. The van der Waals surface area contributed by atoms with E-state index in [0.717, 1.165) is 11.3 Å². The first-order valence-electron chi connectivity index (χ1n) is 9.01. The zero-order chi connectivity index (χ0) is 19.8. The van der Waals surface area contributed by atoms with Crippen molar-refractivity contribution in [3.05, 3.63) is 30.2 Å². The molecule has 2 rings (SSSR count). The third-order valence-corrected chi connectivity index (χ3v) is 4.19. The lowest BCUT2D eigenvalue weighted by molar-refractivity contribution is -0.146. The molecule has 27 heavy (non-hydrogen) atoms. The molecular weight excluding hydrogens is 350 g/mol. The van der Waals surface area contributed by atoms with E-state index in [9.17, 15) is 9.59 Å². The van der Waals surface area contributed by atoms with Gasteiger partial charge in [-0.25, -0.2) is 0 Å². The number of nitrogens with zero attached hydrogens (tertiary/aromatic N) is 3. The van der Waals surface area contributed by atoms with Crippen LogP contribution in [0, 0.1) is 0 Å². The minimum Gasteiger partial charge on any atom is -0.494 e. The van der Waals surface area contributed by atoms with Crippen molar-refractivity contribution in [3.8, 4) is 17.1 Å². The Morgan fingerprint density at radius 2 is 1.96 bits per heavy atom. The molecule has 0 aliphatic heterocycles. The van der Waals surface area contributed by atoms with Gasteiger partial charge in [-0.05, 0) is 44.5 Å². The van der Waals surface area contributed by atoms with Gasteiger partial charge in [0.2, 0.25) is 17.6 Å². The normalized spacial score (nSPS) is 11.8. The fourth-order valence-corrected chi connectivity index (χ4v) is 2.55. The first-order valence-corrected chi connectivity index (χ1v) is 9.01. The van der Waals surface area contributed by atoms with Crippen molar-refractivity contribution in [1.29, 1.82) is 0 Å². The Balaban J connectivity index is 1.98.